The molecule has 0 saturated carbocycles. The average Bonchev–Trinajstić information content (AvgIpc) is 3.01. The van der Waals surface area contributed by atoms with E-state index in [-0.39, 0.29) is 22.8 Å². The zero-order chi connectivity index (χ0) is 30.3. The Hall–Kier alpha value is -4.81. The van der Waals surface area contributed by atoms with Crippen LogP contribution in [0.15, 0.2) is 65.7 Å². The lowest BCUT2D eigenvalue weighted by atomic mass is 10.1. The fourth-order valence-electron chi connectivity index (χ4n) is 5.15. The number of piperazine rings is 1. The van der Waals surface area contributed by atoms with Gasteiger partial charge in [-0.25, -0.2) is 14.6 Å². The summed E-state index contributed by atoms with van der Waals surface area (Å²) in [6, 6.07) is 13.9. The summed E-state index contributed by atoms with van der Waals surface area (Å²) in [4.78, 5) is 51.4. The predicted octanol–water partition coefficient (Wildman–Crippen LogP) is 3.16. The lowest BCUT2D eigenvalue weighted by molar-refractivity contribution is 0.0696. The Bertz CT molecular complexity index is 1650. The Kier molecular flexibility index (Phi) is 9.28. The summed E-state index contributed by atoms with van der Waals surface area (Å²) in [6.45, 7) is 7.76. The minimum Gasteiger partial charge on any atom is -0.477 e. The van der Waals surface area contributed by atoms with E-state index in [1.165, 1.54) is 0 Å². The van der Waals surface area contributed by atoms with Crippen molar-refractivity contribution in [3.8, 4) is 11.3 Å². The summed E-state index contributed by atoms with van der Waals surface area (Å²) < 4.78 is 1.76. The van der Waals surface area contributed by atoms with Crippen molar-refractivity contribution in [3.63, 3.8) is 0 Å². The maximum absolute atomic E-state index is 13.4. The maximum atomic E-state index is 13.4. The number of benzene rings is 1. The van der Waals surface area contributed by atoms with Crippen LogP contribution in [0.4, 0.5) is 16.3 Å². The third kappa shape index (κ3) is 6.99. The molecule has 0 radical (unpaired) electrons. The molecule has 1 fully saturated rings. The first-order valence-electron chi connectivity index (χ1n) is 14.3. The quantitative estimate of drug-likeness (QED) is 0.221. The van der Waals surface area contributed by atoms with Crippen molar-refractivity contribution in [3.05, 3.63) is 82.3 Å². The van der Waals surface area contributed by atoms with Gasteiger partial charge in [-0.2, -0.15) is 0 Å². The van der Waals surface area contributed by atoms with Gasteiger partial charge in [0.15, 0.2) is 0 Å². The van der Waals surface area contributed by atoms with Crippen molar-refractivity contribution in [2.24, 2.45) is 0 Å². The van der Waals surface area contributed by atoms with E-state index >= 15 is 0 Å². The molecule has 224 valence electrons. The Morgan fingerprint density at radius 2 is 1.79 bits per heavy atom. The first-order valence-corrected chi connectivity index (χ1v) is 14.3. The summed E-state index contributed by atoms with van der Waals surface area (Å²) >= 11 is 0. The molecule has 1 aromatic carbocycles. The van der Waals surface area contributed by atoms with Crippen molar-refractivity contribution >= 4 is 34.5 Å². The van der Waals surface area contributed by atoms with Gasteiger partial charge in [0.05, 0.1) is 11.1 Å². The number of carboxylic acid groups (broad SMARTS) is 1. The number of amides is 2. The van der Waals surface area contributed by atoms with Gasteiger partial charge < -0.3 is 30.5 Å². The number of carboxylic acids is 1. The van der Waals surface area contributed by atoms with E-state index in [0.29, 0.717) is 36.7 Å². The van der Waals surface area contributed by atoms with Crippen LogP contribution in [0.25, 0.3) is 22.3 Å². The molecule has 2 amide bonds. The van der Waals surface area contributed by atoms with E-state index in [1.54, 1.807) is 41.2 Å². The number of rotatable bonds is 10. The highest BCUT2D eigenvalue weighted by atomic mass is 16.4. The van der Waals surface area contributed by atoms with Crippen molar-refractivity contribution in [2.75, 3.05) is 56.9 Å². The number of nitrogens with one attached hydrogen (secondary N) is 3. The van der Waals surface area contributed by atoms with Gasteiger partial charge in [-0.05, 0) is 49.9 Å². The second kappa shape index (κ2) is 13.4. The van der Waals surface area contributed by atoms with Crippen molar-refractivity contribution in [1.29, 1.82) is 0 Å². The van der Waals surface area contributed by atoms with Gasteiger partial charge in [0.2, 0.25) is 5.43 Å². The third-order valence-electron chi connectivity index (χ3n) is 7.57. The van der Waals surface area contributed by atoms with Crippen LogP contribution in [0.3, 0.4) is 0 Å². The molecule has 0 unspecified atom stereocenters. The minimum atomic E-state index is -1.27. The van der Waals surface area contributed by atoms with Crippen LogP contribution in [-0.2, 0) is 13.1 Å². The molecule has 0 atom stereocenters. The largest absolute Gasteiger partial charge is 0.477 e. The molecule has 4 aromatic rings. The van der Waals surface area contributed by atoms with Crippen molar-refractivity contribution in [1.82, 2.24) is 29.7 Å². The number of pyridine rings is 3. The SMILES string of the molecule is CCn1c(NCCN2CCN(C)CC2)c(C(=O)O)c(=O)c2ccc(-c3ccc(NC(=O)NCc4cccnc4)cc3)nc21. The Morgan fingerprint density at radius 1 is 1.02 bits per heavy atom. The molecular weight excluding hydrogens is 548 g/mol. The van der Waals surface area contributed by atoms with E-state index in [9.17, 15) is 19.5 Å². The zero-order valence-corrected chi connectivity index (χ0v) is 24.3. The Labute approximate surface area is 249 Å². The monoisotopic (exact) mass is 584 g/mol. The highest BCUT2D eigenvalue weighted by molar-refractivity contribution is 5.98. The van der Waals surface area contributed by atoms with Crippen LogP contribution in [0.2, 0.25) is 0 Å². The van der Waals surface area contributed by atoms with E-state index in [0.717, 1.165) is 43.9 Å². The molecule has 0 aliphatic carbocycles. The number of hydrogen-bond acceptors (Lipinski definition) is 8. The standard InChI is InChI=1S/C31H36N8O4/c1-3-39-28-24(27(40)26(30(41)42)29(39)33-13-14-38-17-15-37(2)16-18-38)10-11-25(36-28)22-6-8-23(9-7-22)35-31(43)34-20-21-5-4-12-32-19-21/h4-12,19,33H,3,13-18,20H2,1-2H3,(H,41,42)(H2,34,35,43). The molecule has 4 N–H and O–H groups in total. The van der Waals surface area contributed by atoms with Crippen LogP contribution >= 0.6 is 0 Å². The first-order chi connectivity index (χ1) is 20.8. The number of urea groups is 1. The molecule has 12 nitrogen and oxygen atoms in total. The molecule has 3 aromatic heterocycles. The van der Waals surface area contributed by atoms with Gasteiger partial charge >= 0.3 is 12.0 Å². The molecular formula is C31H36N8O4. The highest BCUT2D eigenvalue weighted by Gasteiger charge is 2.23. The first kappa shape index (κ1) is 29.7. The fourth-order valence-corrected chi connectivity index (χ4v) is 5.15. The number of aryl methyl sites for hydroxylation is 1. The van der Waals surface area contributed by atoms with Crippen LogP contribution in [0, 0.1) is 0 Å². The number of fused-ring (bicyclic) bond motifs is 1. The smallest absolute Gasteiger partial charge is 0.343 e. The summed E-state index contributed by atoms with van der Waals surface area (Å²) in [6.07, 6.45) is 3.37. The molecule has 1 aliphatic heterocycles. The topological polar surface area (TPSA) is 145 Å². The van der Waals surface area contributed by atoms with Gasteiger partial charge in [0.25, 0.3) is 0 Å². The molecule has 4 heterocycles. The second-order valence-corrected chi connectivity index (χ2v) is 10.5. The molecule has 43 heavy (non-hydrogen) atoms. The lowest BCUT2D eigenvalue weighted by Gasteiger charge is -2.32. The average molecular weight is 585 g/mol. The number of anilines is 2. The number of aromatic carboxylic acids is 1. The van der Waals surface area contributed by atoms with E-state index in [4.69, 9.17) is 4.98 Å². The fraction of sp³-hybridized carbons (Fsp3) is 0.323. The van der Waals surface area contributed by atoms with Crippen molar-refractivity contribution in [2.45, 2.75) is 20.0 Å². The van der Waals surface area contributed by atoms with Gasteiger partial charge in [-0.1, -0.05) is 18.2 Å². The molecule has 5 rings (SSSR count). The van der Waals surface area contributed by atoms with E-state index in [1.807, 2.05) is 31.2 Å². The number of carbonyl (C=O) groups excluding carboxylic acids is 1. The van der Waals surface area contributed by atoms with Gasteiger partial charge in [0.1, 0.15) is 17.0 Å². The van der Waals surface area contributed by atoms with Crippen LogP contribution in [0.5, 0.6) is 0 Å². The summed E-state index contributed by atoms with van der Waals surface area (Å²) in [5, 5.41) is 19.1. The zero-order valence-electron chi connectivity index (χ0n) is 24.3. The second-order valence-electron chi connectivity index (χ2n) is 10.5. The number of hydrogen-bond donors (Lipinski definition) is 4. The van der Waals surface area contributed by atoms with Gasteiger partial charge in [-0.3, -0.25) is 14.7 Å². The Balaban J connectivity index is 1.35. The number of aromatic nitrogens is 3. The van der Waals surface area contributed by atoms with Crippen LogP contribution < -0.4 is 21.4 Å². The minimum absolute atomic E-state index is 0.246. The number of likely N-dealkylation sites (N-methyl/N-ethyl adjacent to an activating group) is 1. The Morgan fingerprint density at radius 3 is 2.47 bits per heavy atom. The van der Waals surface area contributed by atoms with Gasteiger partial charge in [-0.15, -0.1) is 0 Å². The molecule has 1 aliphatic rings. The molecule has 12 heteroatoms. The third-order valence-corrected chi connectivity index (χ3v) is 7.57. The number of carbonyl (C=O) groups is 2. The maximum Gasteiger partial charge on any atom is 0.343 e. The van der Waals surface area contributed by atoms with Crippen LogP contribution in [0.1, 0.15) is 22.8 Å². The molecule has 0 bridgehead atoms. The number of nitrogens with zero attached hydrogens (tertiary/aromatic N) is 5. The highest BCUT2D eigenvalue weighted by Crippen LogP contribution is 2.25. The van der Waals surface area contributed by atoms with Gasteiger partial charge in [0, 0.05) is 76.0 Å². The van der Waals surface area contributed by atoms with E-state index in [2.05, 4.69) is 37.8 Å². The van der Waals surface area contributed by atoms with Crippen molar-refractivity contribution < 1.29 is 14.7 Å². The van der Waals surface area contributed by atoms with Crippen LogP contribution in [-0.4, -0.2) is 87.8 Å². The normalized spacial score (nSPS) is 14.0. The van der Waals surface area contributed by atoms with E-state index < -0.39 is 11.4 Å². The predicted molar refractivity (Wildman–Crippen MR) is 167 cm³/mol. The molecule has 1 saturated heterocycles. The lowest BCUT2D eigenvalue weighted by Crippen LogP contribution is -2.46. The summed E-state index contributed by atoms with van der Waals surface area (Å²) in [5.74, 6) is -1.00. The summed E-state index contributed by atoms with van der Waals surface area (Å²) in [7, 11) is 2.10. The molecule has 0 spiro atoms. The summed E-state index contributed by atoms with van der Waals surface area (Å²) in [5.41, 5.74) is 2.47.